The summed E-state index contributed by atoms with van der Waals surface area (Å²) in [5.74, 6) is 0. The van der Waals surface area contributed by atoms with Crippen LogP contribution in [0.25, 0.3) is 0 Å². The van der Waals surface area contributed by atoms with E-state index in [-0.39, 0.29) is 6.10 Å². The molecular weight excluding hydrogens is 250 g/mol. The number of hydrogen-bond donors (Lipinski definition) is 1. The van der Waals surface area contributed by atoms with Gasteiger partial charge in [-0.05, 0) is 38.3 Å². The van der Waals surface area contributed by atoms with Crippen molar-refractivity contribution in [1.29, 1.82) is 0 Å². The summed E-state index contributed by atoms with van der Waals surface area (Å²) in [6.07, 6.45) is 1.54. The van der Waals surface area contributed by atoms with E-state index in [0.717, 1.165) is 5.56 Å². The van der Waals surface area contributed by atoms with E-state index < -0.39 is 10.0 Å². The zero-order valence-electron chi connectivity index (χ0n) is 10.5. The maximum Gasteiger partial charge on any atom is 0.243 e. The first-order valence-electron chi connectivity index (χ1n) is 6.25. The van der Waals surface area contributed by atoms with Crippen molar-refractivity contribution in [3.63, 3.8) is 0 Å². The van der Waals surface area contributed by atoms with Crippen LogP contribution in [0.2, 0.25) is 0 Å². The Morgan fingerprint density at radius 3 is 2.50 bits per heavy atom. The molecule has 0 radical (unpaired) electrons. The van der Waals surface area contributed by atoms with Crippen LogP contribution in [0.15, 0.2) is 29.2 Å². The molecule has 0 bridgehead atoms. The largest absolute Gasteiger partial charge is 0.393 e. The van der Waals surface area contributed by atoms with Crippen LogP contribution in [-0.4, -0.2) is 37.0 Å². The molecule has 0 amide bonds. The van der Waals surface area contributed by atoms with Gasteiger partial charge in [0.1, 0.15) is 0 Å². The molecule has 1 heterocycles. The van der Waals surface area contributed by atoms with Gasteiger partial charge in [-0.1, -0.05) is 17.7 Å². The van der Waals surface area contributed by atoms with Crippen molar-refractivity contribution in [3.8, 4) is 0 Å². The van der Waals surface area contributed by atoms with Crippen molar-refractivity contribution in [3.05, 3.63) is 29.8 Å². The number of rotatable bonds is 2. The third-order valence-corrected chi connectivity index (χ3v) is 5.23. The van der Waals surface area contributed by atoms with Gasteiger partial charge in [0.15, 0.2) is 0 Å². The van der Waals surface area contributed by atoms with Gasteiger partial charge in [0.2, 0.25) is 10.0 Å². The molecule has 0 aromatic heterocycles. The van der Waals surface area contributed by atoms with Crippen molar-refractivity contribution in [2.24, 2.45) is 0 Å². The van der Waals surface area contributed by atoms with E-state index in [1.165, 1.54) is 4.31 Å². The molecule has 1 aromatic carbocycles. The maximum absolute atomic E-state index is 12.4. The molecule has 0 saturated carbocycles. The number of aliphatic hydroxyl groups excluding tert-OH is 1. The van der Waals surface area contributed by atoms with E-state index in [4.69, 9.17) is 0 Å². The van der Waals surface area contributed by atoms with Crippen molar-refractivity contribution in [1.82, 2.24) is 4.31 Å². The summed E-state index contributed by atoms with van der Waals surface area (Å²) in [7, 11) is -3.40. The summed E-state index contributed by atoms with van der Waals surface area (Å²) < 4.78 is 26.3. The van der Waals surface area contributed by atoms with Crippen molar-refractivity contribution in [2.45, 2.75) is 37.2 Å². The van der Waals surface area contributed by atoms with Gasteiger partial charge in [0.25, 0.3) is 0 Å². The molecule has 1 N–H and O–H groups in total. The molecule has 1 aromatic rings. The molecule has 1 atom stereocenters. The Morgan fingerprint density at radius 1 is 1.17 bits per heavy atom. The molecule has 0 aliphatic carbocycles. The third-order valence-electron chi connectivity index (χ3n) is 3.32. The normalized spacial score (nSPS) is 22.7. The fourth-order valence-corrected chi connectivity index (χ4v) is 3.65. The van der Waals surface area contributed by atoms with Crippen LogP contribution < -0.4 is 0 Å². The second-order valence-corrected chi connectivity index (χ2v) is 6.74. The lowest BCUT2D eigenvalue weighted by atomic mass is 10.2. The minimum absolute atomic E-state index is 0.337. The van der Waals surface area contributed by atoms with Gasteiger partial charge in [-0.15, -0.1) is 0 Å². The number of aryl methyl sites for hydroxylation is 1. The van der Waals surface area contributed by atoms with Crippen LogP contribution in [0.5, 0.6) is 0 Å². The SMILES string of the molecule is Cc1ccc(S(=O)(=O)N2CCC[C@@H](O)CC2)cc1. The molecule has 2 rings (SSSR count). The van der Waals surface area contributed by atoms with Crippen LogP contribution in [-0.2, 0) is 10.0 Å². The average molecular weight is 269 g/mol. The van der Waals surface area contributed by atoms with Crippen LogP contribution >= 0.6 is 0 Å². The van der Waals surface area contributed by atoms with Gasteiger partial charge in [0.05, 0.1) is 11.0 Å². The molecule has 18 heavy (non-hydrogen) atoms. The van der Waals surface area contributed by atoms with E-state index in [2.05, 4.69) is 0 Å². The summed E-state index contributed by atoms with van der Waals surface area (Å²) in [5, 5.41) is 9.56. The molecular formula is C13H19NO3S. The van der Waals surface area contributed by atoms with Gasteiger partial charge in [-0.3, -0.25) is 0 Å². The zero-order valence-corrected chi connectivity index (χ0v) is 11.4. The van der Waals surface area contributed by atoms with E-state index in [1.54, 1.807) is 24.3 Å². The molecule has 1 fully saturated rings. The summed E-state index contributed by atoms with van der Waals surface area (Å²) in [5.41, 5.74) is 1.04. The molecule has 1 aliphatic rings. The molecule has 1 aliphatic heterocycles. The fraction of sp³-hybridized carbons (Fsp3) is 0.538. The summed E-state index contributed by atoms with van der Waals surface area (Å²) in [4.78, 5) is 0.337. The van der Waals surface area contributed by atoms with Crippen LogP contribution in [0, 0.1) is 6.92 Å². The van der Waals surface area contributed by atoms with Crippen molar-refractivity contribution < 1.29 is 13.5 Å². The second-order valence-electron chi connectivity index (χ2n) is 4.80. The van der Waals surface area contributed by atoms with Gasteiger partial charge in [0, 0.05) is 13.1 Å². The van der Waals surface area contributed by atoms with Crippen molar-refractivity contribution >= 4 is 10.0 Å². The van der Waals surface area contributed by atoms with E-state index in [9.17, 15) is 13.5 Å². The highest BCUT2D eigenvalue weighted by Gasteiger charge is 2.26. The zero-order chi connectivity index (χ0) is 13.2. The van der Waals surface area contributed by atoms with E-state index in [0.29, 0.717) is 37.2 Å². The van der Waals surface area contributed by atoms with Crippen LogP contribution in [0.3, 0.4) is 0 Å². The standard InChI is InChI=1S/C13H19NO3S/c1-11-4-6-13(7-5-11)18(16,17)14-9-2-3-12(15)8-10-14/h4-7,12,15H,2-3,8-10H2,1H3/t12-/m1/s1. The van der Waals surface area contributed by atoms with Crippen molar-refractivity contribution in [2.75, 3.05) is 13.1 Å². The Labute approximate surface area is 108 Å². The lowest BCUT2D eigenvalue weighted by molar-refractivity contribution is 0.159. The Kier molecular flexibility index (Phi) is 4.04. The first-order chi connectivity index (χ1) is 8.50. The van der Waals surface area contributed by atoms with Crippen LogP contribution in [0.1, 0.15) is 24.8 Å². The highest BCUT2D eigenvalue weighted by Crippen LogP contribution is 2.20. The molecule has 4 nitrogen and oxygen atoms in total. The average Bonchev–Trinajstić information content (AvgIpc) is 2.55. The smallest absolute Gasteiger partial charge is 0.243 e. The van der Waals surface area contributed by atoms with Gasteiger partial charge >= 0.3 is 0 Å². The Morgan fingerprint density at radius 2 is 1.83 bits per heavy atom. The number of aliphatic hydroxyl groups is 1. The molecule has 1 saturated heterocycles. The van der Waals surface area contributed by atoms with E-state index in [1.807, 2.05) is 6.92 Å². The highest BCUT2D eigenvalue weighted by molar-refractivity contribution is 7.89. The van der Waals surface area contributed by atoms with Gasteiger partial charge < -0.3 is 5.11 Å². The number of nitrogens with zero attached hydrogens (tertiary/aromatic N) is 1. The molecule has 0 spiro atoms. The molecule has 5 heteroatoms. The minimum Gasteiger partial charge on any atom is -0.393 e. The predicted octanol–water partition coefficient (Wildman–Crippen LogP) is 1.53. The monoisotopic (exact) mass is 269 g/mol. The minimum atomic E-state index is -3.40. The van der Waals surface area contributed by atoms with Gasteiger partial charge in [-0.25, -0.2) is 8.42 Å². The molecule has 0 unspecified atom stereocenters. The molecule has 100 valence electrons. The number of sulfonamides is 1. The Bertz CT molecular complexity index is 495. The number of benzene rings is 1. The highest BCUT2D eigenvalue weighted by atomic mass is 32.2. The first-order valence-corrected chi connectivity index (χ1v) is 7.69. The maximum atomic E-state index is 12.4. The Hall–Kier alpha value is -0.910. The Balaban J connectivity index is 2.22. The first kappa shape index (κ1) is 13.5. The van der Waals surface area contributed by atoms with E-state index >= 15 is 0 Å². The van der Waals surface area contributed by atoms with Crippen LogP contribution in [0.4, 0.5) is 0 Å². The fourth-order valence-electron chi connectivity index (χ4n) is 2.15. The summed E-state index contributed by atoms with van der Waals surface area (Å²) in [6, 6.07) is 6.90. The summed E-state index contributed by atoms with van der Waals surface area (Å²) in [6.45, 7) is 2.82. The second kappa shape index (κ2) is 5.38. The quantitative estimate of drug-likeness (QED) is 0.886. The predicted molar refractivity (Wildman–Crippen MR) is 69.8 cm³/mol. The summed E-state index contributed by atoms with van der Waals surface area (Å²) >= 11 is 0. The number of hydrogen-bond acceptors (Lipinski definition) is 3. The lowest BCUT2D eigenvalue weighted by Crippen LogP contribution is -2.32. The van der Waals surface area contributed by atoms with Gasteiger partial charge in [-0.2, -0.15) is 4.31 Å². The third kappa shape index (κ3) is 2.91. The lowest BCUT2D eigenvalue weighted by Gasteiger charge is -2.20. The topological polar surface area (TPSA) is 57.6 Å².